The molecule has 1 unspecified atom stereocenters. The van der Waals surface area contributed by atoms with Crippen LogP contribution < -0.4 is 11.0 Å². The van der Waals surface area contributed by atoms with Gasteiger partial charge in [0.1, 0.15) is 16.8 Å². The molecular formula is C23H24ClN5O4. The van der Waals surface area contributed by atoms with Gasteiger partial charge in [-0.25, -0.2) is 14.6 Å². The number of halogens is 1. The standard InChI is InChI=1S/C23H24ClN5O4/c1-28-18-6-5-15(27-17-7-9-26-21(24)16(17)12-25)11-19(18)29(23(28)31)10-8-20(22(30)32-2)33-13-14-3-4-14/h5-7,9,11,14,20H,3-4,8,10,13H2,1-2H3,(H,26,27). The maximum absolute atomic E-state index is 12.9. The van der Waals surface area contributed by atoms with Crippen molar-refractivity contribution in [2.75, 3.05) is 19.0 Å². The van der Waals surface area contributed by atoms with Crippen molar-refractivity contribution in [2.45, 2.75) is 31.9 Å². The highest BCUT2D eigenvalue weighted by Crippen LogP contribution is 2.30. The third kappa shape index (κ3) is 4.87. The van der Waals surface area contributed by atoms with Crippen LogP contribution in [0.3, 0.4) is 0 Å². The first-order valence-corrected chi connectivity index (χ1v) is 11.0. The van der Waals surface area contributed by atoms with Gasteiger partial charge in [-0.2, -0.15) is 5.26 Å². The molecule has 172 valence electrons. The summed E-state index contributed by atoms with van der Waals surface area (Å²) in [6, 6.07) is 9.17. The molecular weight excluding hydrogens is 446 g/mol. The lowest BCUT2D eigenvalue weighted by atomic mass is 10.2. The van der Waals surface area contributed by atoms with Crippen LogP contribution in [0.5, 0.6) is 0 Å². The lowest BCUT2D eigenvalue weighted by Crippen LogP contribution is -2.30. The quantitative estimate of drug-likeness (QED) is 0.377. The Morgan fingerprint density at radius 3 is 2.85 bits per heavy atom. The molecule has 10 heteroatoms. The Morgan fingerprint density at radius 1 is 1.36 bits per heavy atom. The second kappa shape index (κ2) is 9.65. The van der Waals surface area contributed by atoms with Gasteiger partial charge in [-0.3, -0.25) is 9.13 Å². The number of pyridine rings is 1. The number of benzene rings is 1. The molecule has 3 aromatic rings. The lowest BCUT2D eigenvalue weighted by Gasteiger charge is -2.16. The van der Waals surface area contributed by atoms with Crippen LogP contribution in [-0.2, 0) is 27.9 Å². The van der Waals surface area contributed by atoms with Crippen molar-refractivity contribution in [3.8, 4) is 6.07 Å². The number of carbonyl (C=O) groups is 1. The highest BCUT2D eigenvalue weighted by Gasteiger charge is 2.27. The van der Waals surface area contributed by atoms with Crippen LogP contribution in [0, 0.1) is 17.2 Å². The van der Waals surface area contributed by atoms with Gasteiger partial charge >= 0.3 is 11.7 Å². The minimum atomic E-state index is -0.726. The van der Waals surface area contributed by atoms with E-state index in [9.17, 15) is 14.9 Å². The molecule has 1 aromatic carbocycles. The van der Waals surface area contributed by atoms with E-state index >= 15 is 0 Å². The second-order valence-corrected chi connectivity index (χ2v) is 8.39. The molecule has 1 aliphatic rings. The van der Waals surface area contributed by atoms with E-state index in [0.717, 1.165) is 18.4 Å². The Bertz CT molecular complexity index is 1290. The summed E-state index contributed by atoms with van der Waals surface area (Å²) in [6.07, 6.45) is 3.33. The fourth-order valence-electron chi connectivity index (χ4n) is 3.69. The minimum absolute atomic E-state index is 0.111. The topological polar surface area (TPSA) is 111 Å². The first-order valence-electron chi connectivity index (χ1n) is 10.6. The molecule has 0 bridgehead atoms. The lowest BCUT2D eigenvalue weighted by molar-refractivity contribution is -0.155. The van der Waals surface area contributed by atoms with E-state index in [2.05, 4.69) is 10.3 Å². The normalized spacial score (nSPS) is 14.1. The van der Waals surface area contributed by atoms with E-state index < -0.39 is 12.1 Å². The molecule has 1 N–H and O–H groups in total. The van der Waals surface area contributed by atoms with Gasteiger partial charge in [0, 0.05) is 31.9 Å². The largest absolute Gasteiger partial charge is 0.467 e. The Morgan fingerprint density at radius 2 is 2.15 bits per heavy atom. The van der Waals surface area contributed by atoms with Crippen molar-refractivity contribution in [3.05, 3.63) is 51.7 Å². The van der Waals surface area contributed by atoms with Gasteiger partial charge in [-0.15, -0.1) is 0 Å². The van der Waals surface area contributed by atoms with Crippen molar-refractivity contribution >= 4 is 40.0 Å². The third-order valence-electron chi connectivity index (χ3n) is 5.75. The predicted octanol–water partition coefficient (Wildman–Crippen LogP) is 3.36. The number of carbonyl (C=O) groups excluding carboxylic acids is 1. The van der Waals surface area contributed by atoms with Gasteiger partial charge in [0.2, 0.25) is 0 Å². The molecule has 1 atom stereocenters. The molecule has 4 rings (SSSR count). The zero-order valence-corrected chi connectivity index (χ0v) is 19.1. The number of ether oxygens (including phenoxy) is 2. The molecule has 0 saturated heterocycles. The van der Waals surface area contributed by atoms with E-state index in [1.54, 1.807) is 22.2 Å². The number of nitriles is 1. The van der Waals surface area contributed by atoms with Gasteiger partial charge < -0.3 is 14.8 Å². The Hall–Kier alpha value is -3.35. The number of hydrogen-bond acceptors (Lipinski definition) is 7. The van der Waals surface area contributed by atoms with Crippen molar-refractivity contribution in [3.63, 3.8) is 0 Å². The van der Waals surface area contributed by atoms with Crippen molar-refractivity contribution < 1.29 is 14.3 Å². The van der Waals surface area contributed by atoms with Crippen molar-refractivity contribution in [1.82, 2.24) is 14.1 Å². The highest BCUT2D eigenvalue weighted by molar-refractivity contribution is 6.31. The average Bonchev–Trinajstić information content (AvgIpc) is 3.61. The van der Waals surface area contributed by atoms with Crippen LogP contribution in [0.15, 0.2) is 35.3 Å². The molecule has 1 aliphatic carbocycles. The number of imidazole rings is 1. The Kier molecular flexibility index (Phi) is 6.67. The summed E-state index contributed by atoms with van der Waals surface area (Å²) < 4.78 is 13.8. The zero-order valence-electron chi connectivity index (χ0n) is 18.4. The molecule has 1 fully saturated rings. The third-order valence-corrected chi connectivity index (χ3v) is 6.04. The monoisotopic (exact) mass is 469 g/mol. The summed E-state index contributed by atoms with van der Waals surface area (Å²) in [5.74, 6) is 0.0657. The fourth-order valence-corrected chi connectivity index (χ4v) is 3.89. The number of aromatic nitrogens is 3. The van der Waals surface area contributed by atoms with Crippen molar-refractivity contribution in [2.24, 2.45) is 13.0 Å². The minimum Gasteiger partial charge on any atom is -0.467 e. The Labute approximate surface area is 195 Å². The molecule has 9 nitrogen and oxygen atoms in total. The molecule has 0 amide bonds. The number of fused-ring (bicyclic) bond motifs is 1. The number of methoxy groups -OCH3 is 1. The summed E-state index contributed by atoms with van der Waals surface area (Å²) in [4.78, 5) is 29.0. The highest BCUT2D eigenvalue weighted by atomic mass is 35.5. The predicted molar refractivity (Wildman–Crippen MR) is 124 cm³/mol. The molecule has 0 spiro atoms. The van der Waals surface area contributed by atoms with Crippen LogP contribution in [0.4, 0.5) is 11.4 Å². The number of nitrogens with zero attached hydrogens (tertiary/aromatic N) is 4. The number of hydrogen-bond donors (Lipinski definition) is 1. The zero-order chi connectivity index (χ0) is 23.5. The molecule has 1 saturated carbocycles. The van der Waals surface area contributed by atoms with Crippen molar-refractivity contribution in [1.29, 1.82) is 5.26 Å². The van der Waals surface area contributed by atoms with Gasteiger partial charge in [0.15, 0.2) is 6.10 Å². The molecule has 0 radical (unpaired) electrons. The van der Waals surface area contributed by atoms with Crippen LogP contribution in [0.25, 0.3) is 11.0 Å². The molecule has 33 heavy (non-hydrogen) atoms. The van der Waals surface area contributed by atoms with E-state index in [4.69, 9.17) is 21.1 Å². The summed E-state index contributed by atoms with van der Waals surface area (Å²) in [7, 11) is 3.03. The van der Waals surface area contributed by atoms with E-state index in [0.29, 0.717) is 35.8 Å². The summed E-state index contributed by atoms with van der Waals surface area (Å²) in [5, 5.41) is 12.7. The number of nitrogens with one attached hydrogen (secondary N) is 1. The molecule has 0 aliphatic heterocycles. The Balaban J connectivity index is 1.61. The molecule has 2 aromatic heterocycles. The average molecular weight is 470 g/mol. The number of anilines is 2. The van der Waals surface area contributed by atoms with Gasteiger partial charge in [0.25, 0.3) is 0 Å². The van der Waals surface area contributed by atoms with Crippen LogP contribution in [-0.4, -0.2) is 39.9 Å². The van der Waals surface area contributed by atoms with Gasteiger partial charge in [0.05, 0.1) is 30.4 Å². The second-order valence-electron chi connectivity index (χ2n) is 8.04. The van der Waals surface area contributed by atoms with Crippen LogP contribution in [0.2, 0.25) is 5.15 Å². The van der Waals surface area contributed by atoms with Gasteiger partial charge in [-0.1, -0.05) is 11.6 Å². The number of rotatable bonds is 9. The van der Waals surface area contributed by atoms with E-state index in [1.165, 1.54) is 13.3 Å². The fraction of sp³-hybridized carbons (Fsp3) is 0.391. The SMILES string of the molecule is COC(=O)C(CCn1c(=O)n(C)c2ccc(Nc3ccnc(Cl)c3C#N)cc21)OCC1CC1. The first kappa shape index (κ1) is 22.8. The number of esters is 1. The smallest absolute Gasteiger partial charge is 0.335 e. The van der Waals surface area contributed by atoms with Crippen LogP contribution in [0.1, 0.15) is 24.8 Å². The van der Waals surface area contributed by atoms with Gasteiger partial charge in [-0.05, 0) is 43.0 Å². The summed E-state index contributed by atoms with van der Waals surface area (Å²) >= 11 is 6.03. The van der Waals surface area contributed by atoms with Crippen LogP contribution >= 0.6 is 11.6 Å². The summed E-state index contributed by atoms with van der Waals surface area (Å²) in [5.41, 5.74) is 2.66. The maximum Gasteiger partial charge on any atom is 0.335 e. The maximum atomic E-state index is 12.9. The summed E-state index contributed by atoms with van der Waals surface area (Å²) in [6.45, 7) is 0.808. The van der Waals surface area contributed by atoms with E-state index in [-0.39, 0.29) is 23.0 Å². The molecule has 2 heterocycles. The number of aryl methyl sites for hydroxylation is 2. The van der Waals surface area contributed by atoms with E-state index in [1.807, 2.05) is 24.3 Å². The first-order chi connectivity index (χ1) is 15.9.